The molecular weight excluding hydrogens is 405 g/mol. The Labute approximate surface area is 172 Å². The van der Waals surface area contributed by atoms with Gasteiger partial charge in [-0.15, -0.1) is 0 Å². The highest BCUT2D eigenvalue weighted by Crippen LogP contribution is 2.35. The molecule has 0 spiro atoms. The summed E-state index contributed by atoms with van der Waals surface area (Å²) in [7, 11) is 0. The first-order chi connectivity index (χ1) is 13.8. The van der Waals surface area contributed by atoms with Gasteiger partial charge in [0.15, 0.2) is 5.69 Å². The van der Waals surface area contributed by atoms with Crippen molar-refractivity contribution in [3.05, 3.63) is 46.7 Å². The van der Waals surface area contributed by atoms with Gasteiger partial charge in [-0.3, -0.25) is 4.79 Å². The fourth-order valence-corrected chi connectivity index (χ4v) is 4.39. The average Bonchev–Trinajstić information content (AvgIpc) is 3.38. The van der Waals surface area contributed by atoms with Gasteiger partial charge >= 0.3 is 6.18 Å². The average molecular weight is 427 g/mol. The number of hydrogen-bond acceptors (Lipinski definition) is 3. The van der Waals surface area contributed by atoms with Crippen molar-refractivity contribution in [3.8, 4) is 5.69 Å². The van der Waals surface area contributed by atoms with E-state index in [0.717, 1.165) is 36.8 Å². The molecule has 0 bridgehead atoms. The van der Waals surface area contributed by atoms with Crippen LogP contribution in [0.25, 0.3) is 5.69 Å². The van der Waals surface area contributed by atoms with Crippen molar-refractivity contribution in [3.63, 3.8) is 0 Å². The Hall–Kier alpha value is -2.06. The minimum absolute atomic E-state index is 0.202. The van der Waals surface area contributed by atoms with Crippen molar-refractivity contribution in [2.24, 2.45) is 0 Å². The molecule has 1 amide bonds. The summed E-state index contributed by atoms with van der Waals surface area (Å²) in [5.41, 5.74) is -1.26. The molecule has 2 aromatic rings. The number of nitrogens with zero attached hydrogens (tertiary/aromatic N) is 4. The van der Waals surface area contributed by atoms with Gasteiger partial charge in [0.05, 0.1) is 17.4 Å². The minimum atomic E-state index is -4.71. The predicted octanol–water partition coefficient (Wildman–Crippen LogP) is 4.24. The molecule has 2 fully saturated rings. The Morgan fingerprint density at radius 1 is 1.03 bits per heavy atom. The molecule has 9 heteroatoms. The highest BCUT2D eigenvalue weighted by atomic mass is 35.5. The second kappa shape index (κ2) is 7.99. The number of piperidine rings is 1. The summed E-state index contributed by atoms with van der Waals surface area (Å²) in [5.74, 6) is -0.614. The first-order valence-electron chi connectivity index (χ1n) is 9.79. The molecule has 0 atom stereocenters. The van der Waals surface area contributed by atoms with E-state index in [1.165, 1.54) is 42.0 Å². The molecule has 2 aliphatic rings. The van der Waals surface area contributed by atoms with E-state index < -0.39 is 23.3 Å². The van der Waals surface area contributed by atoms with Crippen LogP contribution in [0.1, 0.15) is 41.7 Å². The quantitative estimate of drug-likeness (QED) is 0.737. The van der Waals surface area contributed by atoms with E-state index in [1.54, 1.807) is 0 Å². The lowest BCUT2D eigenvalue weighted by Crippen LogP contribution is -2.46. The number of rotatable bonds is 3. The second-order valence-electron chi connectivity index (χ2n) is 7.56. The first kappa shape index (κ1) is 20.2. The number of carbonyl (C=O) groups excluding carboxylic acids is 1. The van der Waals surface area contributed by atoms with E-state index in [4.69, 9.17) is 11.6 Å². The van der Waals surface area contributed by atoms with Crippen molar-refractivity contribution in [1.29, 1.82) is 0 Å². The Morgan fingerprint density at radius 2 is 1.66 bits per heavy atom. The second-order valence-corrected chi connectivity index (χ2v) is 8.00. The number of likely N-dealkylation sites (tertiary alicyclic amines) is 2. The monoisotopic (exact) mass is 426 g/mol. The maximum atomic E-state index is 13.8. The fraction of sp³-hybridized carbons (Fsp3) is 0.500. The molecule has 2 saturated heterocycles. The van der Waals surface area contributed by atoms with Gasteiger partial charge in [0.1, 0.15) is 0 Å². The molecule has 156 valence electrons. The summed E-state index contributed by atoms with van der Waals surface area (Å²) in [6.45, 7) is 3.07. The molecule has 0 radical (unpaired) electrons. The van der Waals surface area contributed by atoms with Gasteiger partial charge in [0.25, 0.3) is 5.91 Å². The molecule has 4 rings (SSSR count). The number of halogens is 4. The van der Waals surface area contributed by atoms with Crippen LogP contribution in [0.15, 0.2) is 30.5 Å². The van der Waals surface area contributed by atoms with Gasteiger partial charge in [-0.25, -0.2) is 4.68 Å². The van der Waals surface area contributed by atoms with E-state index in [1.807, 2.05) is 0 Å². The van der Waals surface area contributed by atoms with Crippen molar-refractivity contribution in [2.45, 2.75) is 37.9 Å². The van der Waals surface area contributed by atoms with Gasteiger partial charge in [-0.05, 0) is 63.0 Å². The van der Waals surface area contributed by atoms with Gasteiger partial charge in [-0.2, -0.15) is 18.3 Å². The molecule has 0 unspecified atom stereocenters. The molecule has 1 aromatic carbocycles. The molecule has 0 N–H and O–H groups in total. The highest BCUT2D eigenvalue weighted by Gasteiger charge is 2.42. The summed E-state index contributed by atoms with van der Waals surface area (Å²) >= 11 is 5.83. The Kier molecular flexibility index (Phi) is 5.57. The van der Waals surface area contributed by atoms with Gasteiger partial charge in [0, 0.05) is 24.2 Å². The molecule has 3 heterocycles. The number of hydrogen-bond donors (Lipinski definition) is 0. The molecule has 2 aliphatic heterocycles. The summed E-state index contributed by atoms with van der Waals surface area (Å²) in [6.07, 6.45) is 0.272. The maximum absolute atomic E-state index is 13.8. The number of alkyl halides is 3. The van der Waals surface area contributed by atoms with Gasteiger partial charge in [0.2, 0.25) is 0 Å². The van der Waals surface area contributed by atoms with Crippen molar-refractivity contribution >= 4 is 17.5 Å². The lowest BCUT2D eigenvalue weighted by molar-refractivity contribution is -0.143. The molecule has 5 nitrogen and oxygen atoms in total. The summed E-state index contributed by atoms with van der Waals surface area (Å²) < 4.78 is 42.3. The van der Waals surface area contributed by atoms with Crippen LogP contribution in [-0.4, -0.2) is 57.7 Å². The molecule has 0 saturated carbocycles. The predicted molar refractivity (Wildman–Crippen MR) is 103 cm³/mol. The molecule has 29 heavy (non-hydrogen) atoms. The number of amides is 1. The first-order valence-corrected chi connectivity index (χ1v) is 10.2. The number of aromatic nitrogens is 2. The van der Waals surface area contributed by atoms with Crippen molar-refractivity contribution in [1.82, 2.24) is 19.6 Å². The van der Waals surface area contributed by atoms with E-state index in [9.17, 15) is 18.0 Å². The van der Waals surface area contributed by atoms with Crippen molar-refractivity contribution < 1.29 is 18.0 Å². The third-order valence-corrected chi connectivity index (χ3v) is 6.00. The Balaban J connectivity index is 1.56. The fourth-order valence-electron chi connectivity index (χ4n) is 4.27. The van der Waals surface area contributed by atoms with Crippen LogP contribution in [0.2, 0.25) is 5.02 Å². The number of benzene rings is 1. The van der Waals surface area contributed by atoms with E-state index in [0.29, 0.717) is 24.2 Å². The normalized spacial score (nSPS) is 19.1. The third kappa shape index (κ3) is 4.14. The maximum Gasteiger partial charge on any atom is 0.434 e. The van der Waals surface area contributed by atoms with Crippen LogP contribution in [0.4, 0.5) is 13.2 Å². The largest absolute Gasteiger partial charge is 0.434 e. The minimum Gasteiger partial charge on any atom is -0.338 e. The Bertz CT molecular complexity index is 867. The van der Waals surface area contributed by atoms with Crippen LogP contribution >= 0.6 is 11.6 Å². The summed E-state index contributed by atoms with van der Waals surface area (Å²) in [6, 6.07) is 6.29. The smallest absolute Gasteiger partial charge is 0.338 e. The van der Waals surface area contributed by atoms with Crippen LogP contribution in [0, 0.1) is 0 Å². The standard InChI is InChI=1S/C20H22ClF3N4O/c21-14-3-5-16(6-4-14)28-18(20(22,23)24)17(13-25-28)19(29)27-11-7-15(8-12-27)26-9-1-2-10-26/h3-6,13,15H,1-2,7-12H2. The van der Waals surface area contributed by atoms with Gasteiger partial charge in [-0.1, -0.05) is 11.6 Å². The molecular formula is C20H22ClF3N4O. The van der Waals surface area contributed by atoms with E-state index in [2.05, 4.69) is 10.00 Å². The SMILES string of the molecule is O=C(c1cnn(-c2ccc(Cl)cc2)c1C(F)(F)F)N1CCC(N2CCCC2)CC1. The lowest BCUT2D eigenvalue weighted by Gasteiger charge is -2.36. The van der Waals surface area contributed by atoms with Crippen LogP contribution in [0.3, 0.4) is 0 Å². The zero-order chi connectivity index (χ0) is 20.6. The summed E-state index contributed by atoms with van der Waals surface area (Å²) in [5, 5.41) is 4.28. The zero-order valence-electron chi connectivity index (χ0n) is 15.8. The van der Waals surface area contributed by atoms with Crippen LogP contribution in [-0.2, 0) is 6.18 Å². The summed E-state index contributed by atoms with van der Waals surface area (Å²) in [4.78, 5) is 16.9. The van der Waals surface area contributed by atoms with Crippen molar-refractivity contribution in [2.75, 3.05) is 26.2 Å². The Morgan fingerprint density at radius 3 is 2.24 bits per heavy atom. The lowest BCUT2D eigenvalue weighted by atomic mass is 10.0. The molecule has 0 aliphatic carbocycles. The van der Waals surface area contributed by atoms with Crippen LogP contribution < -0.4 is 0 Å². The zero-order valence-corrected chi connectivity index (χ0v) is 16.6. The van der Waals surface area contributed by atoms with Crippen LogP contribution in [0.5, 0.6) is 0 Å². The topological polar surface area (TPSA) is 41.4 Å². The van der Waals surface area contributed by atoms with E-state index in [-0.39, 0.29) is 5.69 Å². The van der Waals surface area contributed by atoms with E-state index >= 15 is 0 Å². The molecule has 1 aromatic heterocycles. The number of carbonyl (C=O) groups is 1. The highest BCUT2D eigenvalue weighted by molar-refractivity contribution is 6.30. The third-order valence-electron chi connectivity index (χ3n) is 5.75. The van der Waals surface area contributed by atoms with Gasteiger partial charge < -0.3 is 9.80 Å².